The van der Waals surface area contributed by atoms with Gasteiger partial charge in [-0.15, -0.1) is 0 Å². The van der Waals surface area contributed by atoms with Crippen LogP contribution in [0, 0.1) is 5.82 Å². The van der Waals surface area contributed by atoms with Crippen LogP contribution < -0.4 is 5.32 Å². The van der Waals surface area contributed by atoms with Crippen LogP contribution in [0.1, 0.15) is 31.7 Å². The molecule has 3 heteroatoms. The molecule has 2 atom stereocenters. The molecule has 1 saturated heterocycles. The van der Waals surface area contributed by atoms with E-state index in [1.54, 1.807) is 12.1 Å². The molecule has 1 aliphatic carbocycles. The van der Waals surface area contributed by atoms with Gasteiger partial charge >= 0.3 is 0 Å². The van der Waals surface area contributed by atoms with Gasteiger partial charge in [-0.25, -0.2) is 4.39 Å². The Morgan fingerprint density at radius 3 is 2.68 bits per heavy atom. The SMILES string of the molecule is CC(Cc1ccc(F)cc1)NC1CCN(C2CC2)C1. The second-order valence-corrected chi connectivity index (χ2v) is 6.11. The van der Waals surface area contributed by atoms with Crippen LogP contribution in [0.25, 0.3) is 0 Å². The fourth-order valence-electron chi connectivity index (χ4n) is 3.13. The van der Waals surface area contributed by atoms with Crippen molar-refractivity contribution < 1.29 is 4.39 Å². The van der Waals surface area contributed by atoms with Gasteiger partial charge in [0.05, 0.1) is 0 Å². The third kappa shape index (κ3) is 3.54. The minimum absolute atomic E-state index is 0.153. The summed E-state index contributed by atoms with van der Waals surface area (Å²) in [5.41, 5.74) is 1.21. The highest BCUT2D eigenvalue weighted by Crippen LogP contribution is 2.29. The van der Waals surface area contributed by atoms with E-state index in [0.717, 1.165) is 12.5 Å². The molecule has 2 nitrogen and oxygen atoms in total. The zero-order valence-corrected chi connectivity index (χ0v) is 11.6. The number of hydrogen-bond donors (Lipinski definition) is 1. The van der Waals surface area contributed by atoms with E-state index < -0.39 is 0 Å². The Kier molecular flexibility index (Phi) is 3.85. The Labute approximate surface area is 115 Å². The molecule has 1 aliphatic heterocycles. The predicted molar refractivity (Wildman–Crippen MR) is 75.7 cm³/mol. The number of nitrogens with one attached hydrogen (secondary N) is 1. The fourth-order valence-corrected chi connectivity index (χ4v) is 3.13. The molecule has 104 valence electrons. The molecule has 1 aromatic carbocycles. The molecule has 1 aromatic rings. The normalized spacial score (nSPS) is 25.7. The standard InChI is InChI=1S/C16H23FN2/c1-12(10-13-2-4-14(17)5-3-13)18-15-8-9-19(11-15)16-6-7-16/h2-5,12,15-16,18H,6-11H2,1H3. The highest BCUT2D eigenvalue weighted by Gasteiger charge is 2.34. The van der Waals surface area contributed by atoms with Crippen molar-refractivity contribution in [3.63, 3.8) is 0 Å². The summed E-state index contributed by atoms with van der Waals surface area (Å²) in [5.74, 6) is -0.153. The van der Waals surface area contributed by atoms with E-state index in [2.05, 4.69) is 17.1 Å². The molecule has 1 heterocycles. The van der Waals surface area contributed by atoms with Crippen molar-refractivity contribution in [3.05, 3.63) is 35.6 Å². The third-order valence-corrected chi connectivity index (χ3v) is 4.26. The monoisotopic (exact) mass is 262 g/mol. The topological polar surface area (TPSA) is 15.3 Å². The van der Waals surface area contributed by atoms with Crippen molar-refractivity contribution in [2.24, 2.45) is 0 Å². The first kappa shape index (κ1) is 13.1. The molecule has 19 heavy (non-hydrogen) atoms. The number of rotatable bonds is 5. The van der Waals surface area contributed by atoms with Gasteiger partial charge in [-0.2, -0.15) is 0 Å². The molecule has 1 N–H and O–H groups in total. The number of hydrogen-bond acceptors (Lipinski definition) is 2. The maximum Gasteiger partial charge on any atom is 0.123 e. The average molecular weight is 262 g/mol. The first-order valence-corrected chi connectivity index (χ1v) is 7.45. The summed E-state index contributed by atoms with van der Waals surface area (Å²) in [6.07, 6.45) is 5.04. The molecule has 0 amide bonds. The summed E-state index contributed by atoms with van der Waals surface area (Å²) in [6.45, 7) is 4.69. The van der Waals surface area contributed by atoms with Gasteiger partial charge in [0.1, 0.15) is 5.82 Å². The molecular formula is C16H23FN2. The Balaban J connectivity index is 1.45. The maximum absolute atomic E-state index is 12.9. The van der Waals surface area contributed by atoms with Crippen molar-refractivity contribution in [3.8, 4) is 0 Å². The largest absolute Gasteiger partial charge is 0.310 e. The first-order valence-electron chi connectivity index (χ1n) is 7.45. The van der Waals surface area contributed by atoms with Crippen LogP contribution in [-0.2, 0) is 6.42 Å². The summed E-state index contributed by atoms with van der Waals surface area (Å²) >= 11 is 0. The summed E-state index contributed by atoms with van der Waals surface area (Å²) in [7, 11) is 0. The van der Waals surface area contributed by atoms with Crippen molar-refractivity contribution >= 4 is 0 Å². The van der Waals surface area contributed by atoms with Gasteiger partial charge in [0.15, 0.2) is 0 Å². The van der Waals surface area contributed by atoms with Crippen molar-refractivity contribution in [1.29, 1.82) is 0 Å². The minimum Gasteiger partial charge on any atom is -0.310 e. The highest BCUT2D eigenvalue weighted by molar-refractivity contribution is 5.17. The van der Waals surface area contributed by atoms with Gasteiger partial charge in [0.25, 0.3) is 0 Å². The zero-order chi connectivity index (χ0) is 13.2. The first-order chi connectivity index (χ1) is 9.20. The van der Waals surface area contributed by atoms with Crippen LogP contribution in [-0.4, -0.2) is 36.1 Å². The third-order valence-electron chi connectivity index (χ3n) is 4.26. The molecule has 1 saturated carbocycles. The summed E-state index contributed by atoms with van der Waals surface area (Å²) in [5, 5.41) is 3.72. The molecule has 3 rings (SSSR count). The van der Waals surface area contributed by atoms with Crippen LogP contribution >= 0.6 is 0 Å². The smallest absolute Gasteiger partial charge is 0.123 e. The molecule has 2 aliphatic rings. The van der Waals surface area contributed by atoms with Crippen molar-refractivity contribution in [2.45, 2.75) is 50.7 Å². The van der Waals surface area contributed by atoms with E-state index in [0.29, 0.717) is 12.1 Å². The van der Waals surface area contributed by atoms with E-state index in [-0.39, 0.29) is 5.82 Å². The summed E-state index contributed by atoms with van der Waals surface area (Å²) in [6, 6.07) is 8.85. The fraction of sp³-hybridized carbons (Fsp3) is 0.625. The van der Waals surface area contributed by atoms with Crippen LogP contribution in [0.15, 0.2) is 24.3 Å². The van der Waals surface area contributed by atoms with Crippen LogP contribution in [0.2, 0.25) is 0 Å². The van der Waals surface area contributed by atoms with E-state index in [4.69, 9.17) is 0 Å². The highest BCUT2D eigenvalue weighted by atomic mass is 19.1. The predicted octanol–water partition coefficient (Wildman–Crippen LogP) is 2.58. The average Bonchev–Trinajstić information content (AvgIpc) is 3.14. The van der Waals surface area contributed by atoms with E-state index in [1.165, 1.54) is 37.9 Å². The Hall–Kier alpha value is -0.930. The van der Waals surface area contributed by atoms with Crippen LogP contribution in [0.5, 0.6) is 0 Å². The number of nitrogens with zero attached hydrogens (tertiary/aromatic N) is 1. The molecule has 0 aromatic heterocycles. The van der Waals surface area contributed by atoms with E-state index in [1.807, 2.05) is 12.1 Å². The lowest BCUT2D eigenvalue weighted by molar-refractivity contribution is 0.313. The molecule has 0 radical (unpaired) electrons. The lowest BCUT2D eigenvalue weighted by atomic mass is 10.1. The van der Waals surface area contributed by atoms with Crippen LogP contribution in [0.3, 0.4) is 0 Å². The van der Waals surface area contributed by atoms with Gasteiger partial charge < -0.3 is 5.32 Å². The second kappa shape index (κ2) is 5.59. The van der Waals surface area contributed by atoms with Gasteiger partial charge in [-0.05, 0) is 50.3 Å². The minimum atomic E-state index is -0.153. The number of benzene rings is 1. The van der Waals surface area contributed by atoms with Crippen LogP contribution in [0.4, 0.5) is 4.39 Å². The maximum atomic E-state index is 12.9. The zero-order valence-electron chi connectivity index (χ0n) is 11.6. The quantitative estimate of drug-likeness (QED) is 0.877. The Morgan fingerprint density at radius 2 is 2.00 bits per heavy atom. The number of halogens is 1. The van der Waals surface area contributed by atoms with E-state index in [9.17, 15) is 4.39 Å². The van der Waals surface area contributed by atoms with E-state index >= 15 is 0 Å². The lowest BCUT2D eigenvalue weighted by Gasteiger charge is -2.20. The van der Waals surface area contributed by atoms with Gasteiger partial charge in [0.2, 0.25) is 0 Å². The summed E-state index contributed by atoms with van der Waals surface area (Å²) in [4.78, 5) is 2.63. The second-order valence-electron chi connectivity index (χ2n) is 6.11. The van der Waals surface area contributed by atoms with Crippen molar-refractivity contribution in [2.75, 3.05) is 13.1 Å². The van der Waals surface area contributed by atoms with Crippen molar-refractivity contribution in [1.82, 2.24) is 10.2 Å². The Morgan fingerprint density at radius 1 is 1.26 bits per heavy atom. The number of likely N-dealkylation sites (tertiary alicyclic amines) is 1. The molecular weight excluding hydrogens is 239 g/mol. The van der Waals surface area contributed by atoms with Gasteiger partial charge in [-0.1, -0.05) is 12.1 Å². The van der Waals surface area contributed by atoms with Gasteiger partial charge in [-0.3, -0.25) is 4.90 Å². The molecule has 0 bridgehead atoms. The summed E-state index contributed by atoms with van der Waals surface area (Å²) < 4.78 is 12.9. The lowest BCUT2D eigenvalue weighted by Crippen LogP contribution is -2.39. The molecule has 2 fully saturated rings. The molecule has 0 spiro atoms. The Bertz CT molecular complexity index is 413. The van der Waals surface area contributed by atoms with Gasteiger partial charge in [0, 0.05) is 31.2 Å². The molecule has 2 unspecified atom stereocenters.